The number of hydrogen-bond donors (Lipinski definition) is 0. The molecule has 0 amide bonds. The first-order valence-electron chi connectivity index (χ1n) is 21.3. The molecule has 11 rings (SSSR count). The van der Waals surface area contributed by atoms with Crippen molar-refractivity contribution in [2.75, 3.05) is 9.80 Å². The molecule has 0 radical (unpaired) electrons. The van der Waals surface area contributed by atoms with Gasteiger partial charge >= 0.3 is 0 Å². The minimum atomic E-state index is -0.0180. The van der Waals surface area contributed by atoms with Crippen molar-refractivity contribution in [1.82, 2.24) is 4.57 Å². The number of para-hydroxylation sites is 2. The van der Waals surface area contributed by atoms with Crippen LogP contribution in [0.4, 0.5) is 34.1 Å². The summed E-state index contributed by atoms with van der Waals surface area (Å²) in [4.78, 5) is 5.05. The third-order valence-electron chi connectivity index (χ3n) is 12.9. The lowest BCUT2D eigenvalue weighted by Crippen LogP contribution is -2.61. The van der Waals surface area contributed by atoms with E-state index in [4.69, 9.17) is 0 Å². The molecule has 0 aliphatic carbocycles. The predicted octanol–water partition coefficient (Wildman–Crippen LogP) is 13.1. The minimum Gasteiger partial charge on any atom is -0.311 e. The van der Waals surface area contributed by atoms with Crippen molar-refractivity contribution in [2.45, 2.75) is 52.4 Å². The van der Waals surface area contributed by atoms with Gasteiger partial charge in [0.05, 0.1) is 11.0 Å². The first kappa shape index (κ1) is 36.3. The zero-order chi connectivity index (χ0) is 40.9. The Balaban J connectivity index is 1.20. The Hall–Kier alpha value is -6.78. The third-order valence-corrected chi connectivity index (χ3v) is 12.9. The van der Waals surface area contributed by atoms with Gasteiger partial charge in [-0.15, -0.1) is 0 Å². The van der Waals surface area contributed by atoms with E-state index in [-0.39, 0.29) is 17.5 Å². The van der Waals surface area contributed by atoms with Crippen LogP contribution in [0.5, 0.6) is 0 Å². The van der Waals surface area contributed by atoms with Crippen LogP contribution < -0.4 is 26.2 Å². The number of hydrogen-bond acceptors (Lipinski definition) is 2. The van der Waals surface area contributed by atoms with Crippen LogP contribution >= 0.6 is 0 Å². The molecule has 4 heteroatoms. The molecule has 290 valence electrons. The quantitative estimate of drug-likeness (QED) is 0.165. The standard InChI is InChI=1S/C56H48BN3/c1-55(2,3)39-26-29-41(30-27-39)58-50-33-28-40(56(4,5)6)35-47(50)57-46-32-31-43(59-48-22-12-10-20-44(48)45-21-11-13-23-49(45)59)36-53(46)60(52-25-15-24-51(58)54(52)57)42-19-14-18-38(34-42)37-16-8-7-9-17-37/h7-36H,1-6H3. The summed E-state index contributed by atoms with van der Waals surface area (Å²) < 4.78 is 2.45. The van der Waals surface area contributed by atoms with E-state index in [2.05, 4.69) is 238 Å². The van der Waals surface area contributed by atoms with Crippen molar-refractivity contribution in [3.63, 3.8) is 0 Å². The topological polar surface area (TPSA) is 11.4 Å². The van der Waals surface area contributed by atoms with E-state index in [1.54, 1.807) is 0 Å². The summed E-state index contributed by atoms with van der Waals surface area (Å²) in [5.41, 5.74) is 19.8. The van der Waals surface area contributed by atoms with E-state index in [1.165, 1.54) is 88.9 Å². The van der Waals surface area contributed by atoms with Gasteiger partial charge in [-0.3, -0.25) is 0 Å². The summed E-state index contributed by atoms with van der Waals surface area (Å²) in [5.74, 6) is 0. The lowest BCUT2D eigenvalue weighted by atomic mass is 9.33. The molecule has 60 heavy (non-hydrogen) atoms. The molecule has 0 spiro atoms. The first-order chi connectivity index (χ1) is 29.0. The highest BCUT2D eigenvalue weighted by atomic mass is 15.2. The molecule has 1 aromatic heterocycles. The summed E-state index contributed by atoms with van der Waals surface area (Å²) in [6.45, 7) is 13.9. The number of rotatable bonds is 4. The fourth-order valence-electron chi connectivity index (χ4n) is 9.85. The van der Waals surface area contributed by atoms with Crippen molar-refractivity contribution in [3.8, 4) is 16.8 Å². The third kappa shape index (κ3) is 5.65. The van der Waals surface area contributed by atoms with Gasteiger partial charge in [0.25, 0.3) is 6.71 Å². The fourth-order valence-corrected chi connectivity index (χ4v) is 9.85. The Bertz CT molecular complexity index is 3070. The molecule has 3 heterocycles. The molecule has 0 saturated heterocycles. The molecule has 0 fully saturated rings. The number of nitrogens with zero attached hydrogens (tertiary/aromatic N) is 3. The maximum absolute atomic E-state index is 2.54. The van der Waals surface area contributed by atoms with Crippen LogP contribution in [0.25, 0.3) is 38.6 Å². The van der Waals surface area contributed by atoms with Gasteiger partial charge in [0.1, 0.15) is 0 Å². The van der Waals surface area contributed by atoms with Crippen LogP contribution in [-0.2, 0) is 10.8 Å². The van der Waals surface area contributed by atoms with Crippen LogP contribution in [0.1, 0.15) is 52.7 Å². The molecule has 0 saturated carbocycles. The van der Waals surface area contributed by atoms with E-state index < -0.39 is 0 Å². The average Bonchev–Trinajstić information content (AvgIpc) is 3.60. The van der Waals surface area contributed by atoms with Crippen molar-refractivity contribution in [1.29, 1.82) is 0 Å². The lowest BCUT2D eigenvalue weighted by molar-refractivity contribution is 0.590. The molecule has 0 atom stereocenters. The van der Waals surface area contributed by atoms with Gasteiger partial charge < -0.3 is 14.4 Å². The number of fused-ring (bicyclic) bond motifs is 7. The Morgan fingerprint density at radius 2 is 0.933 bits per heavy atom. The number of benzene rings is 8. The van der Waals surface area contributed by atoms with Gasteiger partial charge in [-0.05, 0) is 116 Å². The maximum atomic E-state index is 2.54. The lowest BCUT2D eigenvalue weighted by Gasteiger charge is -2.44. The summed E-state index contributed by atoms with van der Waals surface area (Å²) in [6.07, 6.45) is 0. The molecule has 0 bridgehead atoms. The molecule has 3 nitrogen and oxygen atoms in total. The van der Waals surface area contributed by atoms with Crippen molar-refractivity contribution in [3.05, 3.63) is 193 Å². The molecular weight excluding hydrogens is 725 g/mol. The van der Waals surface area contributed by atoms with E-state index in [9.17, 15) is 0 Å². The van der Waals surface area contributed by atoms with Crippen LogP contribution in [0.2, 0.25) is 0 Å². The van der Waals surface area contributed by atoms with E-state index in [0.29, 0.717) is 0 Å². The van der Waals surface area contributed by atoms with Crippen LogP contribution in [0.3, 0.4) is 0 Å². The SMILES string of the molecule is CC(C)(C)c1ccc(N2c3ccc(C(C)(C)C)cc3B3c4ccc(-n5c6ccccc6c6ccccc65)cc4N(c4cccc(-c5ccccc5)c4)c4cccc2c43)cc1. The van der Waals surface area contributed by atoms with Crippen molar-refractivity contribution >= 4 is 79.0 Å². The van der Waals surface area contributed by atoms with Crippen LogP contribution in [0, 0.1) is 0 Å². The highest BCUT2D eigenvalue weighted by Crippen LogP contribution is 2.46. The van der Waals surface area contributed by atoms with Gasteiger partial charge in [-0.25, -0.2) is 0 Å². The normalized spacial score (nSPS) is 13.4. The molecule has 2 aliphatic heterocycles. The molecule has 8 aromatic carbocycles. The Kier molecular flexibility index (Phi) is 8.09. The number of aromatic nitrogens is 1. The Labute approximate surface area is 354 Å². The first-order valence-corrected chi connectivity index (χ1v) is 21.3. The molecular formula is C56H48BN3. The van der Waals surface area contributed by atoms with Gasteiger partial charge in [0.2, 0.25) is 0 Å². The molecule has 0 unspecified atom stereocenters. The second kappa shape index (κ2) is 13.4. The molecule has 2 aliphatic rings. The van der Waals surface area contributed by atoms with Crippen LogP contribution in [-0.4, -0.2) is 11.3 Å². The second-order valence-electron chi connectivity index (χ2n) is 18.7. The molecule has 0 N–H and O–H groups in total. The van der Waals surface area contributed by atoms with Gasteiger partial charge in [-0.2, -0.15) is 0 Å². The van der Waals surface area contributed by atoms with E-state index in [0.717, 1.165) is 11.4 Å². The fraction of sp³-hybridized carbons (Fsp3) is 0.143. The van der Waals surface area contributed by atoms with Crippen LogP contribution in [0.15, 0.2) is 182 Å². The average molecular weight is 774 g/mol. The summed E-state index contributed by atoms with van der Waals surface area (Å²) in [7, 11) is 0. The zero-order valence-corrected chi connectivity index (χ0v) is 35.2. The zero-order valence-electron chi connectivity index (χ0n) is 35.2. The minimum absolute atomic E-state index is 0.0180. The highest BCUT2D eigenvalue weighted by Gasteiger charge is 2.44. The van der Waals surface area contributed by atoms with E-state index >= 15 is 0 Å². The Morgan fingerprint density at radius 1 is 0.367 bits per heavy atom. The van der Waals surface area contributed by atoms with Gasteiger partial charge in [-0.1, -0.05) is 157 Å². The number of anilines is 6. The highest BCUT2D eigenvalue weighted by molar-refractivity contribution is 7.00. The largest absolute Gasteiger partial charge is 0.311 e. The smallest absolute Gasteiger partial charge is 0.252 e. The monoisotopic (exact) mass is 773 g/mol. The van der Waals surface area contributed by atoms with Crippen molar-refractivity contribution < 1.29 is 0 Å². The van der Waals surface area contributed by atoms with Crippen molar-refractivity contribution in [2.24, 2.45) is 0 Å². The summed E-state index contributed by atoms with van der Waals surface area (Å²) >= 11 is 0. The summed E-state index contributed by atoms with van der Waals surface area (Å²) in [5, 5.41) is 2.53. The summed E-state index contributed by atoms with van der Waals surface area (Å²) in [6, 6.07) is 68.1. The predicted molar refractivity (Wildman–Crippen MR) is 258 cm³/mol. The second-order valence-corrected chi connectivity index (χ2v) is 18.7. The van der Waals surface area contributed by atoms with E-state index in [1.807, 2.05) is 0 Å². The maximum Gasteiger partial charge on any atom is 0.252 e. The van der Waals surface area contributed by atoms with Gasteiger partial charge in [0.15, 0.2) is 0 Å². The Morgan fingerprint density at radius 3 is 1.60 bits per heavy atom. The van der Waals surface area contributed by atoms with Gasteiger partial charge in [0, 0.05) is 50.6 Å². The molecule has 9 aromatic rings.